The van der Waals surface area contributed by atoms with E-state index in [1.54, 1.807) is 0 Å². The van der Waals surface area contributed by atoms with Crippen LogP contribution in [0, 0.1) is 12.3 Å². The lowest BCUT2D eigenvalue weighted by Crippen LogP contribution is -2.38. The quantitative estimate of drug-likeness (QED) is 0.436. The van der Waals surface area contributed by atoms with Gasteiger partial charge in [-0.1, -0.05) is 96.9 Å². The van der Waals surface area contributed by atoms with E-state index in [9.17, 15) is 0 Å². The molecule has 0 aliphatic carbocycles. The Kier molecular flexibility index (Phi) is 8.08. The first-order valence-corrected chi connectivity index (χ1v) is 10.9. The monoisotopic (exact) mass is 428 g/mol. The van der Waals surface area contributed by atoms with Gasteiger partial charge in [-0.15, -0.1) is 6.42 Å². The second-order valence-corrected chi connectivity index (χ2v) is 7.78. The normalized spacial score (nSPS) is 22.5. The molecule has 3 aromatic carbocycles. The summed E-state index contributed by atoms with van der Waals surface area (Å²) in [7, 11) is 0. The molecule has 0 N–H and O–H groups in total. The fourth-order valence-electron chi connectivity index (χ4n) is 3.78. The van der Waals surface area contributed by atoms with Gasteiger partial charge in [-0.25, -0.2) is 0 Å². The van der Waals surface area contributed by atoms with E-state index in [2.05, 4.69) is 5.92 Å². The Morgan fingerprint density at radius 3 is 1.62 bits per heavy atom. The molecule has 0 saturated carbocycles. The van der Waals surface area contributed by atoms with Crippen molar-refractivity contribution in [3.05, 3.63) is 108 Å². The molecule has 1 heterocycles. The molecular formula is C28H28O4. The van der Waals surface area contributed by atoms with Crippen molar-refractivity contribution in [3.8, 4) is 12.3 Å². The first-order chi connectivity index (χ1) is 15.8. The molecule has 0 amide bonds. The van der Waals surface area contributed by atoms with Gasteiger partial charge in [0.1, 0.15) is 24.4 Å². The lowest BCUT2D eigenvalue weighted by molar-refractivity contribution is -0.0896. The van der Waals surface area contributed by atoms with E-state index in [0.717, 1.165) is 16.7 Å². The fourth-order valence-corrected chi connectivity index (χ4v) is 3.78. The lowest BCUT2D eigenvalue weighted by Gasteiger charge is -2.24. The summed E-state index contributed by atoms with van der Waals surface area (Å²) >= 11 is 0. The van der Waals surface area contributed by atoms with Crippen molar-refractivity contribution in [2.75, 3.05) is 6.61 Å². The Bertz CT molecular complexity index is 969. The van der Waals surface area contributed by atoms with Crippen LogP contribution in [-0.4, -0.2) is 31.0 Å². The summed E-state index contributed by atoms with van der Waals surface area (Å²) < 4.78 is 24.7. The van der Waals surface area contributed by atoms with E-state index in [-0.39, 0.29) is 18.3 Å². The first kappa shape index (κ1) is 22.3. The van der Waals surface area contributed by atoms with Crippen LogP contribution in [0.4, 0.5) is 0 Å². The minimum absolute atomic E-state index is 0.316. The number of benzene rings is 3. The number of rotatable bonds is 10. The molecule has 4 rings (SSSR count). The smallest absolute Gasteiger partial charge is 0.147 e. The van der Waals surface area contributed by atoms with Gasteiger partial charge in [0, 0.05) is 0 Å². The topological polar surface area (TPSA) is 36.9 Å². The zero-order valence-electron chi connectivity index (χ0n) is 18.0. The largest absolute Gasteiger partial charge is 0.374 e. The highest BCUT2D eigenvalue weighted by Gasteiger charge is 2.45. The molecule has 0 aromatic heterocycles. The van der Waals surface area contributed by atoms with Crippen LogP contribution < -0.4 is 0 Å². The molecule has 1 saturated heterocycles. The summed E-state index contributed by atoms with van der Waals surface area (Å²) in [5.41, 5.74) is 3.27. The molecule has 4 nitrogen and oxygen atoms in total. The number of hydrogen-bond donors (Lipinski definition) is 0. The number of hydrogen-bond acceptors (Lipinski definition) is 4. The predicted molar refractivity (Wildman–Crippen MR) is 124 cm³/mol. The molecule has 32 heavy (non-hydrogen) atoms. The van der Waals surface area contributed by atoms with Gasteiger partial charge in [0.05, 0.1) is 26.4 Å². The van der Waals surface area contributed by atoms with Gasteiger partial charge in [-0.3, -0.25) is 0 Å². The summed E-state index contributed by atoms with van der Waals surface area (Å²) in [5, 5.41) is 0. The van der Waals surface area contributed by atoms with Crippen LogP contribution in [0.1, 0.15) is 16.7 Å². The molecule has 3 aromatic rings. The third-order valence-corrected chi connectivity index (χ3v) is 5.44. The van der Waals surface area contributed by atoms with E-state index < -0.39 is 6.10 Å². The van der Waals surface area contributed by atoms with E-state index in [1.165, 1.54) is 0 Å². The van der Waals surface area contributed by atoms with Crippen molar-refractivity contribution in [3.63, 3.8) is 0 Å². The Balaban J connectivity index is 1.43. The third kappa shape index (κ3) is 6.06. The summed E-state index contributed by atoms with van der Waals surface area (Å²) in [6.07, 6.45) is 4.26. The molecule has 0 unspecified atom stereocenters. The van der Waals surface area contributed by atoms with Crippen molar-refractivity contribution >= 4 is 0 Å². The Morgan fingerprint density at radius 1 is 0.656 bits per heavy atom. The Morgan fingerprint density at radius 2 is 1.12 bits per heavy atom. The standard InChI is InChI=1S/C28H28O4/c1-2-25-27(30-19-23-14-8-4-9-15-23)28(31-20-24-16-10-5-11-17-24)26(32-25)21-29-18-22-12-6-3-7-13-22/h1,3-17,25-28H,18-21H2/t25-,26+,27-,28+/m0/s1. The summed E-state index contributed by atoms with van der Waals surface area (Å²) in [6.45, 7) is 1.77. The summed E-state index contributed by atoms with van der Waals surface area (Å²) in [5.74, 6) is 2.73. The first-order valence-electron chi connectivity index (χ1n) is 10.9. The molecule has 1 aliphatic heterocycles. The van der Waals surface area contributed by atoms with Crippen molar-refractivity contribution < 1.29 is 18.9 Å². The molecule has 0 spiro atoms. The van der Waals surface area contributed by atoms with E-state index in [4.69, 9.17) is 25.4 Å². The average molecular weight is 429 g/mol. The van der Waals surface area contributed by atoms with E-state index in [1.807, 2.05) is 91.0 Å². The predicted octanol–water partition coefficient (Wildman–Crippen LogP) is 4.77. The molecule has 0 radical (unpaired) electrons. The van der Waals surface area contributed by atoms with Crippen LogP contribution in [0.15, 0.2) is 91.0 Å². The van der Waals surface area contributed by atoms with Gasteiger partial charge in [0.2, 0.25) is 0 Å². The molecular weight excluding hydrogens is 400 g/mol. The minimum Gasteiger partial charge on any atom is -0.374 e. The van der Waals surface area contributed by atoms with Gasteiger partial charge in [-0.2, -0.15) is 0 Å². The molecule has 4 heteroatoms. The van der Waals surface area contributed by atoms with Crippen LogP contribution in [-0.2, 0) is 38.8 Å². The molecule has 0 bridgehead atoms. The van der Waals surface area contributed by atoms with Crippen LogP contribution in [0.25, 0.3) is 0 Å². The zero-order chi connectivity index (χ0) is 22.0. The maximum absolute atomic E-state index is 6.31. The average Bonchev–Trinajstić information content (AvgIpc) is 3.19. The van der Waals surface area contributed by atoms with Gasteiger partial charge in [0.25, 0.3) is 0 Å². The van der Waals surface area contributed by atoms with Crippen LogP contribution in [0.5, 0.6) is 0 Å². The second kappa shape index (κ2) is 11.6. The molecule has 4 atom stereocenters. The number of terminal acetylenes is 1. The highest BCUT2D eigenvalue weighted by atomic mass is 16.6. The van der Waals surface area contributed by atoms with Crippen LogP contribution in [0.3, 0.4) is 0 Å². The minimum atomic E-state index is -0.496. The van der Waals surface area contributed by atoms with Crippen LogP contribution in [0.2, 0.25) is 0 Å². The SMILES string of the molecule is C#C[C@@H]1O[C@H](COCc2ccccc2)[C@@H](OCc2ccccc2)[C@H]1OCc1ccccc1. The summed E-state index contributed by atoms with van der Waals surface area (Å²) in [4.78, 5) is 0. The molecule has 1 fully saturated rings. The third-order valence-electron chi connectivity index (χ3n) is 5.44. The zero-order valence-corrected chi connectivity index (χ0v) is 18.0. The maximum atomic E-state index is 6.31. The molecule has 1 aliphatic rings. The Hall–Kier alpha value is -2.94. The Labute approximate surface area is 190 Å². The maximum Gasteiger partial charge on any atom is 0.147 e. The van der Waals surface area contributed by atoms with Gasteiger partial charge < -0.3 is 18.9 Å². The second-order valence-electron chi connectivity index (χ2n) is 7.78. The van der Waals surface area contributed by atoms with Gasteiger partial charge >= 0.3 is 0 Å². The lowest BCUT2D eigenvalue weighted by atomic mass is 10.1. The highest BCUT2D eigenvalue weighted by Crippen LogP contribution is 2.29. The van der Waals surface area contributed by atoms with Crippen molar-refractivity contribution in [2.45, 2.75) is 44.2 Å². The number of ether oxygens (including phenoxy) is 4. The van der Waals surface area contributed by atoms with E-state index in [0.29, 0.717) is 26.4 Å². The fraction of sp³-hybridized carbons (Fsp3) is 0.286. The summed E-state index contributed by atoms with van der Waals surface area (Å²) in [6, 6.07) is 30.1. The van der Waals surface area contributed by atoms with E-state index >= 15 is 0 Å². The van der Waals surface area contributed by atoms with Gasteiger partial charge in [-0.05, 0) is 16.7 Å². The van der Waals surface area contributed by atoms with Crippen molar-refractivity contribution in [1.82, 2.24) is 0 Å². The van der Waals surface area contributed by atoms with Gasteiger partial charge in [0.15, 0.2) is 0 Å². The van der Waals surface area contributed by atoms with Crippen molar-refractivity contribution in [2.24, 2.45) is 0 Å². The van der Waals surface area contributed by atoms with Crippen LogP contribution >= 0.6 is 0 Å². The highest BCUT2D eigenvalue weighted by molar-refractivity contribution is 5.16. The molecule has 164 valence electrons. The van der Waals surface area contributed by atoms with Crippen molar-refractivity contribution in [1.29, 1.82) is 0 Å².